The van der Waals surface area contributed by atoms with Crippen LogP contribution in [0.25, 0.3) is 0 Å². The fourth-order valence-corrected chi connectivity index (χ4v) is 4.51. The third-order valence-electron chi connectivity index (χ3n) is 6.41. The molecule has 1 amide bonds. The van der Waals surface area contributed by atoms with Gasteiger partial charge in [-0.05, 0) is 48.8 Å². The molecule has 0 unspecified atom stereocenters. The number of likely N-dealkylation sites (N-methyl/N-ethyl adjacent to an activating group) is 1. The molecule has 0 fully saturated rings. The Labute approximate surface area is 204 Å². The number of fused-ring (bicyclic) bond motifs is 1. The standard InChI is InChI=1S/C29H36N4O/c1-31(2)18-19-33(22-25-12-7-4-8-13-25)29(34)20-30-28-15-9-14-26-23-32(17-16-27(26)28)21-24-10-5-3-6-11-24/h3-15,30H,16-23H2,1-2H3. The van der Waals surface area contributed by atoms with E-state index in [4.69, 9.17) is 0 Å². The van der Waals surface area contributed by atoms with Crippen LogP contribution in [-0.2, 0) is 30.8 Å². The molecule has 0 aliphatic carbocycles. The summed E-state index contributed by atoms with van der Waals surface area (Å²) in [5.74, 6) is 0.129. The number of rotatable bonds is 10. The normalized spacial score (nSPS) is 13.5. The largest absolute Gasteiger partial charge is 0.376 e. The molecule has 3 aromatic carbocycles. The van der Waals surface area contributed by atoms with E-state index in [9.17, 15) is 4.79 Å². The van der Waals surface area contributed by atoms with Gasteiger partial charge in [0, 0.05) is 45.0 Å². The zero-order valence-electron chi connectivity index (χ0n) is 20.4. The summed E-state index contributed by atoms with van der Waals surface area (Å²) in [6, 6.07) is 27.3. The van der Waals surface area contributed by atoms with Gasteiger partial charge in [-0.15, -0.1) is 0 Å². The van der Waals surface area contributed by atoms with Gasteiger partial charge in [-0.2, -0.15) is 0 Å². The van der Waals surface area contributed by atoms with Crippen molar-refractivity contribution in [3.05, 3.63) is 101 Å². The summed E-state index contributed by atoms with van der Waals surface area (Å²) in [7, 11) is 4.08. The summed E-state index contributed by atoms with van der Waals surface area (Å²) in [5.41, 5.74) is 6.31. The Bertz CT molecular complexity index is 1050. The molecule has 1 aliphatic heterocycles. The Morgan fingerprint density at radius 2 is 1.59 bits per heavy atom. The van der Waals surface area contributed by atoms with Crippen molar-refractivity contribution in [2.24, 2.45) is 0 Å². The number of benzene rings is 3. The molecule has 0 radical (unpaired) electrons. The molecule has 0 spiro atoms. The summed E-state index contributed by atoms with van der Waals surface area (Å²) >= 11 is 0. The van der Waals surface area contributed by atoms with Crippen LogP contribution in [0.5, 0.6) is 0 Å². The molecule has 5 heteroatoms. The summed E-state index contributed by atoms with van der Waals surface area (Å²) in [6.45, 7) is 5.44. The maximum Gasteiger partial charge on any atom is 0.242 e. The average Bonchev–Trinajstić information content (AvgIpc) is 2.86. The summed E-state index contributed by atoms with van der Waals surface area (Å²) in [5, 5.41) is 3.47. The fourth-order valence-electron chi connectivity index (χ4n) is 4.51. The highest BCUT2D eigenvalue weighted by molar-refractivity contribution is 5.81. The molecule has 0 bridgehead atoms. The van der Waals surface area contributed by atoms with Gasteiger partial charge >= 0.3 is 0 Å². The zero-order valence-corrected chi connectivity index (χ0v) is 20.4. The van der Waals surface area contributed by atoms with E-state index in [1.165, 1.54) is 16.7 Å². The number of carbonyl (C=O) groups is 1. The van der Waals surface area contributed by atoms with Gasteiger partial charge < -0.3 is 15.1 Å². The van der Waals surface area contributed by atoms with Gasteiger partial charge in [-0.25, -0.2) is 0 Å². The van der Waals surface area contributed by atoms with Crippen LogP contribution in [0, 0.1) is 0 Å². The molecule has 0 aromatic heterocycles. The highest BCUT2D eigenvalue weighted by atomic mass is 16.2. The fraction of sp³-hybridized carbons (Fsp3) is 0.345. The van der Waals surface area contributed by atoms with Gasteiger partial charge in [0.15, 0.2) is 0 Å². The minimum Gasteiger partial charge on any atom is -0.376 e. The highest BCUT2D eigenvalue weighted by Crippen LogP contribution is 2.27. The molecule has 4 rings (SSSR count). The number of nitrogens with one attached hydrogen (secondary N) is 1. The minimum absolute atomic E-state index is 0.129. The second-order valence-electron chi connectivity index (χ2n) is 9.35. The molecule has 1 heterocycles. The van der Waals surface area contributed by atoms with Crippen LogP contribution >= 0.6 is 0 Å². The van der Waals surface area contributed by atoms with Gasteiger partial charge in [0.05, 0.1) is 6.54 Å². The topological polar surface area (TPSA) is 38.8 Å². The van der Waals surface area contributed by atoms with Gasteiger partial charge in [-0.1, -0.05) is 72.8 Å². The molecule has 34 heavy (non-hydrogen) atoms. The van der Waals surface area contributed by atoms with E-state index in [1.54, 1.807) is 0 Å². The third-order valence-corrected chi connectivity index (χ3v) is 6.41. The molecule has 1 N–H and O–H groups in total. The molecule has 1 aliphatic rings. The van der Waals surface area contributed by atoms with Gasteiger partial charge in [0.2, 0.25) is 5.91 Å². The Morgan fingerprint density at radius 3 is 2.29 bits per heavy atom. The maximum absolute atomic E-state index is 13.2. The highest BCUT2D eigenvalue weighted by Gasteiger charge is 2.20. The van der Waals surface area contributed by atoms with Crippen molar-refractivity contribution in [2.45, 2.75) is 26.1 Å². The summed E-state index contributed by atoms with van der Waals surface area (Å²) in [4.78, 5) is 19.8. The number of hydrogen-bond donors (Lipinski definition) is 1. The van der Waals surface area contributed by atoms with Crippen LogP contribution in [0.4, 0.5) is 5.69 Å². The van der Waals surface area contributed by atoms with E-state index in [1.807, 2.05) is 37.2 Å². The van der Waals surface area contributed by atoms with Crippen LogP contribution in [0.3, 0.4) is 0 Å². The quantitative estimate of drug-likeness (QED) is 0.495. The minimum atomic E-state index is 0.129. The molecule has 0 saturated carbocycles. The van der Waals surface area contributed by atoms with Crippen LogP contribution in [0.15, 0.2) is 78.9 Å². The molecule has 0 saturated heterocycles. The van der Waals surface area contributed by atoms with E-state index in [-0.39, 0.29) is 5.91 Å². The molecular formula is C29H36N4O. The predicted octanol–water partition coefficient (Wildman–Crippen LogP) is 4.25. The SMILES string of the molecule is CN(C)CCN(Cc1ccccc1)C(=O)CNc1cccc2c1CCN(Cc1ccccc1)C2. The van der Waals surface area contributed by atoms with Gasteiger partial charge in [-0.3, -0.25) is 9.69 Å². The van der Waals surface area contributed by atoms with Crippen molar-refractivity contribution in [3.8, 4) is 0 Å². The number of amides is 1. The smallest absolute Gasteiger partial charge is 0.242 e. The molecule has 178 valence electrons. The van der Waals surface area contributed by atoms with E-state index >= 15 is 0 Å². The van der Waals surface area contributed by atoms with Crippen LogP contribution in [-0.4, -0.2) is 60.9 Å². The first-order chi connectivity index (χ1) is 16.6. The predicted molar refractivity (Wildman–Crippen MR) is 140 cm³/mol. The average molecular weight is 457 g/mol. The Kier molecular flexibility index (Phi) is 8.34. The Morgan fingerprint density at radius 1 is 0.882 bits per heavy atom. The summed E-state index contributed by atoms with van der Waals surface area (Å²) in [6.07, 6.45) is 0.994. The third kappa shape index (κ3) is 6.69. The van der Waals surface area contributed by atoms with Crippen molar-refractivity contribution in [3.63, 3.8) is 0 Å². The summed E-state index contributed by atoms with van der Waals surface area (Å²) < 4.78 is 0. The number of carbonyl (C=O) groups excluding carboxylic acids is 1. The lowest BCUT2D eigenvalue weighted by Gasteiger charge is -2.30. The van der Waals surface area contributed by atoms with E-state index in [0.29, 0.717) is 19.6 Å². The molecular weight excluding hydrogens is 420 g/mol. The van der Waals surface area contributed by atoms with E-state index in [2.05, 4.69) is 75.8 Å². The lowest BCUT2D eigenvalue weighted by atomic mass is 9.97. The zero-order chi connectivity index (χ0) is 23.8. The molecule has 3 aromatic rings. The van der Waals surface area contributed by atoms with Crippen molar-refractivity contribution >= 4 is 11.6 Å². The first-order valence-electron chi connectivity index (χ1n) is 12.2. The lowest BCUT2D eigenvalue weighted by Crippen LogP contribution is -2.39. The first kappa shape index (κ1) is 24.0. The van der Waals surface area contributed by atoms with E-state index in [0.717, 1.165) is 43.9 Å². The monoisotopic (exact) mass is 456 g/mol. The Hall–Kier alpha value is -3.15. The van der Waals surface area contributed by atoms with E-state index < -0.39 is 0 Å². The second kappa shape index (κ2) is 11.8. The number of hydrogen-bond acceptors (Lipinski definition) is 4. The van der Waals surface area contributed by atoms with Crippen LogP contribution in [0.1, 0.15) is 22.3 Å². The lowest BCUT2D eigenvalue weighted by molar-refractivity contribution is -0.130. The van der Waals surface area contributed by atoms with Crippen LogP contribution in [0.2, 0.25) is 0 Å². The van der Waals surface area contributed by atoms with Gasteiger partial charge in [0.1, 0.15) is 0 Å². The first-order valence-corrected chi connectivity index (χ1v) is 12.2. The second-order valence-corrected chi connectivity index (χ2v) is 9.35. The van der Waals surface area contributed by atoms with Crippen molar-refractivity contribution in [1.82, 2.24) is 14.7 Å². The molecule has 5 nitrogen and oxygen atoms in total. The van der Waals surface area contributed by atoms with Crippen LogP contribution < -0.4 is 5.32 Å². The number of anilines is 1. The number of nitrogens with zero attached hydrogens (tertiary/aromatic N) is 3. The molecule has 0 atom stereocenters. The van der Waals surface area contributed by atoms with Crippen molar-refractivity contribution in [1.29, 1.82) is 0 Å². The van der Waals surface area contributed by atoms with Crippen molar-refractivity contribution < 1.29 is 4.79 Å². The van der Waals surface area contributed by atoms with Gasteiger partial charge in [0.25, 0.3) is 0 Å². The Balaban J connectivity index is 1.38. The maximum atomic E-state index is 13.2. The van der Waals surface area contributed by atoms with Crippen molar-refractivity contribution in [2.75, 3.05) is 45.6 Å².